The molecule has 0 bridgehead atoms. The van der Waals surface area contributed by atoms with E-state index in [-0.39, 0.29) is 10.8 Å². The third-order valence-corrected chi connectivity index (χ3v) is 5.90. The number of hydrogen-bond donors (Lipinski definition) is 1. The topological polar surface area (TPSA) is 12.0 Å². The molecule has 1 aliphatic heterocycles. The van der Waals surface area contributed by atoms with Crippen LogP contribution in [0.2, 0.25) is 10.0 Å². The van der Waals surface area contributed by atoms with Crippen LogP contribution in [0.4, 0.5) is 0 Å². The van der Waals surface area contributed by atoms with Crippen molar-refractivity contribution in [2.75, 3.05) is 12.3 Å². The van der Waals surface area contributed by atoms with E-state index in [2.05, 4.69) is 19.2 Å². The Labute approximate surface area is 130 Å². The van der Waals surface area contributed by atoms with Crippen LogP contribution in [0.3, 0.4) is 0 Å². The molecule has 1 heterocycles. The molecule has 1 fully saturated rings. The molecular formula is C15H21Cl2NS. The molecule has 106 valence electrons. The molecule has 1 N–H and O–H groups in total. The van der Waals surface area contributed by atoms with Crippen molar-refractivity contribution in [1.82, 2.24) is 5.32 Å². The van der Waals surface area contributed by atoms with Gasteiger partial charge < -0.3 is 5.32 Å². The molecule has 19 heavy (non-hydrogen) atoms. The van der Waals surface area contributed by atoms with Crippen molar-refractivity contribution in [2.24, 2.45) is 0 Å². The molecule has 4 heteroatoms. The van der Waals surface area contributed by atoms with Gasteiger partial charge in [0, 0.05) is 20.8 Å². The summed E-state index contributed by atoms with van der Waals surface area (Å²) < 4.78 is 0.212. The van der Waals surface area contributed by atoms with Gasteiger partial charge in [0.25, 0.3) is 0 Å². The van der Waals surface area contributed by atoms with Gasteiger partial charge in [-0.3, -0.25) is 0 Å². The summed E-state index contributed by atoms with van der Waals surface area (Å²) in [6.45, 7) is 5.53. The van der Waals surface area contributed by atoms with Crippen molar-refractivity contribution in [1.29, 1.82) is 0 Å². The highest BCUT2D eigenvalue weighted by atomic mass is 35.5. The summed E-state index contributed by atoms with van der Waals surface area (Å²) >= 11 is 14.6. The first-order valence-corrected chi connectivity index (χ1v) is 8.63. The molecule has 2 atom stereocenters. The van der Waals surface area contributed by atoms with Gasteiger partial charge in [0.1, 0.15) is 0 Å². The van der Waals surface area contributed by atoms with Crippen molar-refractivity contribution in [3.8, 4) is 0 Å². The van der Waals surface area contributed by atoms with Crippen LogP contribution < -0.4 is 5.32 Å². The lowest BCUT2D eigenvalue weighted by molar-refractivity contribution is 0.413. The van der Waals surface area contributed by atoms with E-state index in [0.29, 0.717) is 0 Å². The Hall–Kier alpha value is 0.110. The molecule has 0 spiro atoms. The van der Waals surface area contributed by atoms with Crippen LogP contribution in [0, 0.1) is 0 Å². The highest BCUT2D eigenvalue weighted by Gasteiger charge is 2.39. The van der Waals surface area contributed by atoms with Crippen LogP contribution in [-0.2, 0) is 0 Å². The second kappa shape index (κ2) is 6.71. The van der Waals surface area contributed by atoms with Crippen molar-refractivity contribution in [3.63, 3.8) is 0 Å². The number of hydrogen-bond acceptors (Lipinski definition) is 2. The average Bonchev–Trinajstić information content (AvgIpc) is 2.82. The first-order valence-electron chi connectivity index (χ1n) is 6.89. The van der Waals surface area contributed by atoms with E-state index in [4.69, 9.17) is 23.2 Å². The summed E-state index contributed by atoms with van der Waals surface area (Å²) in [6, 6.07) is 6.05. The molecule has 0 saturated carbocycles. The van der Waals surface area contributed by atoms with Crippen LogP contribution in [0.25, 0.3) is 0 Å². The number of rotatable bonds is 5. The molecule has 0 aliphatic carbocycles. The fourth-order valence-corrected chi connectivity index (χ4v) is 4.54. The number of nitrogens with one attached hydrogen (secondary N) is 1. The average molecular weight is 318 g/mol. The molecule has 0 amide bonds. The lowest BCUT2D eigenvalue weighted by Crippen LogP contribution is -2.38. The van der Waals surface area contributed by atoms with E-state index in [0.717, 1.165) is 28.6 Å². The zero-order chi connectivity index (χ0) is 13.9. The van der Waals surface area contributed by atoms with Crippen LogP contribution in [-0.4, -0.2) is 17.0 Å². The Morgan fingerprint density at radius 3 is 2.84 bits per heavy atom. The van der Waals surface area contributed by atoms with Crippen LogP contribution in [0.5, 0.6) is 0 Å². The van der Waals surface area contributed by atoms with E-state index in [1.165, 1.54) is 18.6 Å². The van der Waals surface area contributed by atoms with Gasteiger partial charge in [0.05, 0.1) is 0 Å². The number of benzene rings is 1. The van der Waals surface area contributed by atoms with E-state index in [1.807, 2.05) is 30.0 Å². The molecule has 0 radical (unpaired) electrons. The lowest BCUT2D eigenvalue weighted by atomic mass is 9.90. The highest BCUT2D eigenvalue weighted by molar-refractivity contribution is 8.00. The molecular weight excluding hydrogens is 297 g/mol. The summed E-state index contributed by atoms with van der Waals surface area (Å²) in [4.78, 5) is 0. The summed E-state index contributed by atoms with van der Waals surface area (Å²) in [6.07, 6.45) is 3.63. The molecule has 1 saturated heterocycles. The Morgan fingerprint density at radius 1 is 1.42 bits per heavy atom. The number of thioether (sulfide) groups is 1. The first kappa shape index (κ1) is 15.5. The van der Waals surface area contributed by atoms with Gasteiger partial charge in [0.2, 0.25) is 0 Å². The summed E-state index contributed by atoms with van der Waals surface area (Å²) in [5.74, 6) is 1.24. The van der Waals surface area contributed by atoms with Gasteiger partial charge in [-0.15, -0.1) is 0 Å². The lowest BCUT2D eigenvalue weighted by Gasteiger charge is -2.35. The van der Waals surface area contributed by atoms with Gasteiger partial charge >= 0.3 is 0 Å². The van der Waals surface area contributed by atoms with Gasteiger partial charge in [0.15, 0.2) is 0 Å². The predicted octanol–water partition coefficient (Wildman–Crippen LogP) is 5.32. The van der Waals surface area contributed by atoms with Crippen LogP contribution >= 0.6 is 35.0 Å². The summed E-state index contributed by atoms with van der Waals surface area (Å²) in [5, 5.41) is 5.24. The third-order valence-electron chi connectivity index (χ3n) is 3.73. The van der Waals surface area contributed by atoms with Crippen LogP contribution in [0.1, 0.15) is 44.7 Å². The third kappa shape index (κ3) is 3.60. The van der Waals surface area contributed by atoms with E-state index in [9.17, 15) is 0 Å². The van der Waals surface area contributed by atoms with Crippen molar-refractivity contribution in [2.45, 2.75) is 43.9 Å². The first-order chi connectivity index (χ1) is 9.07. The number of halogens is 2. The largest absolute Gasteiger partial charge is 0.309 e. The maximum atomic E-state index is 6.40. The molecule has 1 aliphatic rings. The SMILES string of the molecule is CCCNC(c1cc(Cl)ccc1Cl)C1(C)CCCS1. The standard InChI is InChI=1S/C15H21Cl2NS/c1-3-8-18-14(15(2)7-4-9-19-15)12-10-11(16)5-6-13(12)17/h5-6,10,14,18H,3-4,7-9H2,1-2H3. The van der Waals surface area contributed by atoms with Crippen molar-refractivity contribution in [3.05, 3.63) is 33.8 Å². The molecule has 2 unspecified atom stereocenters. The smallest absolute Gasteiger partial charge is 0.0481 e. The van der Waals surface area contributed by atoms with E-state index < -0.39 is 0 Å². The molecule has 1 nitrogen and oxygen atoms in total. The van der Waals surface area contributed by atoms with E-state index >= 15 is 0 Å². The quantitative estimate of drug-likeness (QED) is 0.788. The Morgan fingerprint density at radius 2 is 2.21 bits per heavy atom. The zero-order valence-electron chi connectivity index (χ0n) is 11.5. The Balaban J connectivity index is 2.33. The Bertz CT molecular complexity index is 430. The van der Waals surface area contributed by atoms with Gasteiger partial charge in [-0.2, -0.15) is 11.8 Å². The van der Waals surface area contributed by atoms with Crippen molar-refractivity contribution >= 4 is 35.0 Å². The summed E-state index contributed by atoms with van der Waals surface area (Å²) in [5.41, 5.74) is 1.14. The fraction of sp³-hybridized carbons (Fsp3) is 0.600. The molecule has 1 aromatic rings. The predicted molar refractivity (Wildman–Crippen MR) is 87.6 cm³/mol. The van der Waals surface area contributed by atoms with E-state index in [1.54, 1.807) is 0 Å². The highest BCUT2D eigenvalue weighted by Crippen LogP contribution is 2.48. The molecule has 2 rings (SSSR count). The molecule has 0 aromatic heterocycles. The normalized spacial score (nSPS) is 24.6. The monoisotopic (exact) mass is 317 g/mol. The second-order valence-corrected chi connectivity index (χ2v) is 7.79. The maximum Gasteiger partial charge on any atom is 0.0481 e. The zero-order valence-corrected chi connectivity index (χ0v) is 13.8. The minimum atomic E-state index is 0.212. The van der Waals surface area contributed by atoms with Crippen molar-refractivity contribution < 1.29 is 0 Å². The molecule has 1 aromatic carbocycles. The minimum absolute atomic E-state index is 0.212. The van der Waals surface area contributed by atoms with Gasteiger partial charge in [-0.05, 0) is 62.2 Å². The minimum Gasteiger partial charge on any atom is -0.309 e. The fourth-order valence-electron chi connectivity index (χ4n) is 2.71. The van der Waals surface area contributed by atoms with Gasteiger partial charge in [-0.1, -0.05) is 30.1 Å². The van der Waals surface area contributed by atoms with Gasteiger partial charge in [-0.25, -0.2) is 0 Å². The Kier molecular flexibility index (Phi) is 5.47. The maximum absolute atomic E-state index is 6.40. The van der Waals surface area contributed by atoms with Crippen LogP contribution in [0.15, 0.2) is 18.2 Å². The second-order valence-electron chi connectivity index (χ2n) is 5.32. The summed E-state index contributed by atoms with van der Waals surface area (Å²) in [7, 11) is 0.